The molecule has 4 amide bonds. The van der Waals surface area contributed by atoms with E-state index in [1.165, 1.54) is 9.80 Å². The molecule has 2 saturated heterocycles. The standard InChI is InChI=1S/C34H24Br2N2O4/c35-18-8-4-10-20(14-18)37-31(39)25-16-24(17-6-2-1-3-7-17)26-22-12-13-23(27(26)30(25)34(37)42)29-28(22)32(40)38(33(29)41)21-11-5-9-19(36)15-21/h1-15,22-23,25,27-30H,16H2/t22-,23+,25+,27-,28+,29+,30-/m0/s1. The van der Waals surface area contributed by atoms with Crippen LogP contribution in [0.2, 0.25) is 0 Å². The minimum absolute atomic E-state index is 0.201. The van der Waals surface area contributed by atoms with Crippen LogP contribution >= 0.6 is 31.9 Å². The Bertz CT molecular complexity index is 1780. The van der Waals surface area contributed by atoms with Crippen molar-refractivity contribution in [2.45, 2.75) is 6.42 Å². The van der Waals surface area contributed by atoms with Gasteiger partial charge in [0.1, 0.15) is 0 Å². The van der Waals surface area contributed by atoms with Gasteiger partial charge in [-0.2, -0.15) is 0 Å². The van der Waals surface area contributed by atoms with E-state index in [1.807, 2.05) is 60.7 Å². The molecule has 1 saturated carbocycles. The Morgan fingerprint density at radius 2 is 1.19 bits per heavy atom. The highest BCUT2D eigenvalue weighted by Crippen LogP contribution is 2.63. The Morgan fingerprint density at radius 1 is 0.595 bits per heavy atom. The molecular weight excluding hydrogens is 660 g/mol. The normalized spacial score (nSPS) is 31.1. The predicted octanol–water partition coefficient (Wildman–Crippen LogP) is 6.41. The number of fused-ring (bicyclic) bond motifs is 1. The fourth-order valence-corrected chi connectivity index (χ4v) is 9.03. The fraction of sp³-hybridized carbons (Fsp3) is 0.235. The summed E-state index contributed by atoms with van der Waals surface area (Å²) in [6.07, 6.45) is 4.53. The summed E-state index contributed by atoms with van der Waals surface area (Å²) in [6, 6.07) is 24.4. The van der Waals surface area contributed by atoms with Gasteiger partial charge in [-0.1, -0.05) is 92.0 Å². The molecule has 42 heavy (non-hydrogen) atoms. The second kappa shape index (κ2) is 9.44. The molecule has 3 aromatic rings. The number of imide groups is 2. The molecular formula is C34H24Br2N2O4. The number of rotatable bonds is 3. The summed E-state index contributed by atoms with van der Waals surface area (Å²) < 4.78 is 1.56. The Morgan fingerprint density at radius 3 is 1.83 bits per heavy atom. The Kier molecular flexibility index (Phi) is 5.86. The molecule has 0 N–H and O–H groups in total. The molecule has 7 atom stereocenters. The molecule has 2 aliphatic heterocycles. The number of hydrogen-bond acceptors (Lipinski definition) is 4. The van der Waals surface area contributed by atoms with E-state index in [-0.39, 0.29) is 41.4 Å². The number of nitrogens with zero attached hydrogens (tertiary/aromatic N) is 2. The lowest BCUT2D eigenvalue weighted by Gasteiger charge is -2.51. The van der Waals surface area contributed by atoms with Crippen LogP contribution in [0.4, 0.5) is 11.4 Å². The lowest BCUT2D eigenvalue weighted by Crippen LogP contribution is -2.51. The van der Waals surface area contributed by atoms with E-state index >= 15 is 0 Å². The van der Waals surface area contributed by atoms with Crippen molar-refractivity contribution in [3.05, 3.63) is 111 Å². The second-order valence-corrected chi connectivity index (χ2v) is 13.5. The zero-order valence-corrected chi connectivity index (χ0v) is 25.4. The van der Waals surface area contributed by atoms with Gasteiger partial charge in [-0.25, -0.2) is 9.80 Å². The van der Waals surface area contributed by atoms with Crippen molar-refractivity contribution in [3.8, 4) is 0 Å². The van der Waals surface area contributed by atoms with Gasteiger partial charge in [0.05, 0.1) is 35.0 Å². The summed E-state index contributed by atoms with van der Waals surface area (Å²) in [4.78, 5) is 59.2. The summed E-state index contributed by atoms with van der Waals surface area (Å²) in [5, 5.41) is 0. The van der Waals surface area contributed by atoms with Crippen molar-refractivity contribution < 1.29 is 19.2 Å². The number of carbonyl (C=O) groups excluding carboxylic acids is 4. The summed E-state index contributed by atoms with van der Waals surface area (Å²) in [5.41, 5.74) is 4.15. The molecule has 2 heterocycles. The van der Waals surface area contributed by atoms with Gasteiger partial charge in [0, 0.05) is 20.8 Å². The average molecular weight is 684 g/mol. The number of amides is 4. The van der Waals surface area contributed by atoms with Gasteiger partial charge in [0.25, 0.3) is 0 Å². The molecule has 3 fully saturated rings. The lowest BCUT2D eigenvalue weighted by molar-refractivity contribution is -0.129. The van der Waals surface area contributed by atoms with E-state index in [2.05, 4.69) is 37.9 Å². The van der Waals surface area contributed by atoms with E-state index in [9.17, 15) is 19.2 Å². The SMILES string of the molecule is O=C1[C@@H]2[C@@H]3C=C[C@@H](C4=C(c5ccccc5)C[C@H]5C(=O)N(c6cccc(Br)c6)C(=O)[C@@H]5[C@H]43)[C@H]2C(=O)N1c1cccc(Br)c1. The smallest absolute Gasteiger partial charge is 0.238 e. The van der Waals surface area contributed by atoms with Gasteiger partial charge in [0.15, 0.2) is 0 Å². The Balaban J connectivity index is 1.29. The number of anilines is 2. The van der Waals surface area contributed by atoms with Gasteiger partial charge in [0.2, 0.25) is 23.6 Å². The highest BCUT2D eigenvalue weighted by Gasteiger charge is 2.67. The molecule has 3 aromatic carbocycles. The number of allylic oxidation sites excluding steroid dienone is 4. The van der Waals surface area contributed by atoms with Crippen LogP contribution in [-0.4, -0.2) is 23.6 Å². The van der Waals surface area contributed by atoms with Crippen molar-refractivity contribution in [3.63, 3.8) is 0 Å². The summed E-state index contributed by atoms with van der Waals surface area (Å²) in [5.74, 6) is -4.16. The molecule has 0 spiro atoms. The number of benzene rings is 3. The van der Waals surface area contributed by atoms with Crippen molar-refractivity contribution in [1.29, 1.82) is 0 Å². The maximum atomic E-state index is 14.3. The number of halogens is 2. The van der Waals surface area contributed by atoms with Crippen LogP contribution in [-0.2, 0) is 19.2 Å². The third-order valence-corrected chi connectivity index (χ3v) is 10.8. The molecule has 6 nitrogen and oxygen atoms in total. The first-order valence-corrected chi connectivity index (χ1v) is 15.7. The molecule has 4 aliphatic carbocycles. The van der Waals surface area contributed by atoms with E-state index in [1.54, 1.807) is 24.3 Å². The monoisotopic (exact) mass is 682 g/mol. The zero-order valence-electron chi connectivity index (χ0n) is 22.2. The minimum Gasteiger partial charge on any atom is -0.274 e. The van der Waals surface area contributed by atoms with Gasteiger partial charge < -0.3 is 0 Å². The first-order valence-electron chi connectivity index (χ1n) is 14.1. The third kappa shape index (κ3) is 3.54. The van der Waals surface area contributed by atoms with Crippen LogP contribution in [0, 0.1) is 41.4 Å². The molecule has 9 rings (SSSR count). The molecule has 8 heteroatoms. The Hall–Kier alpha value is -3.62. The van der Waals surface area contributed by atoms with Crippen LogP contribution in [0.25, 0.3) is 5.57 Å². The van der Waals surface area contributed by atoms with Crippen LogP contribution < -0.4 is 9.80 Å². The molecule has 208 valence electrons. The highest BCUT2D eigenvalue weighted by atomic mass is 79.9. The molecule has 2 bridgehead atoms. The first kappa shape index (κ1) is 26.0. The van der Waals surface area contributed by atoms with Gasteiger partial charge in [-0.3, -0.25) is 19.2 Å². The van der Waals surface area contributed by atoms with Crippen molar-refractivity contribution in [2.24, 2.45) is 41.4 Å². The van der Waals surface area contributed by atoms with E-state index in [0.717, 1.165) is 25.7 Å². The lowest BCUT2D eigenvalue weighted by atomic mass is 9.49. The van der Waals surface area contributed by atoms with Crippen LogP contribution in [0.15, 0.2) is 106 Å². The summed E-state index contributed by atoms with van der Waals surface area (Å²) in [6.45, 7) is 0. The number of carbonyl (C=O) groups is 4. The Labute approximate surface area is 259 Å². The maximum absolute atomic E-state index is 14.3. The van der Waals surface area contributed by atoms with E-state index in [4.69, 9.17) is 0 Å². The van der Waals surface area contributed by atoms with Crippen molar-refractivity contribution in [2.75, 3.05) is 9.80 Å². The zero-order chi connectivity index (χ0) is 28.9. The molecule has 0 radical (unpaired) electrons. The van der Waals surface area contributed by atoms with Gasteiger partial charge >= 0.3 is 0 Å². The third-order valence-electron chi connectivity index (χ3n) is 9.76. The number of hydrogen-bond donors (Lipinski definition) is 0. The summed E-state index contributed by atoms with van der Waals surface area (Å²) >= 11 is 6.95. The van der Waals surface area contributed by atoms with E-state index in [0.29, 0.717) is 17.8 Å². The summed E-state index contributed by atoms with van der Waals surface area (Å²) in [7, 11) is 0. The van der Waals surface area contributed by atoms with E-state index < -0.39 is 23.7 Å². The highest BCUT2D eigenvalue weighted by molar-refractivity contribution is 9.10. The quantitative estimate of drug-likeness (QED) is 0.236. The molecule has 0 unspecified atom stereocenters. The molecule has 0 aromatic heterocycles. The van der Waals surface area contributed by atoms with Crippen molar-refractivity contribution >= 4 is 72.4 Å². The average Bonchev–Trinajstić information content (AvgIpc) is 3.42. The fourth-order valence-electron chi connectivity index (χ4n) is 8.26. The molecule has 6 aliphatic rings. The van der Waals surface area contributed by atoms with Crippen molar-refractivity contribution in [1.82, 2.24) is 0 Å². The predicted molar refractivity (Wildman–Crippen MR) is 165 cm³/mol. The van der Waals surface area contributed by atoms with Gasteiger partial charge in [-0.15, -0.1) is 0 Å². The van der Waals surface area contributed by atoms with Crippen LogP contribution in [0.5, 0.6) is 0 Å². The topological polar surface area (TPSA) is 74.8 Å². The van der Waals surface area contributed by atoms with Gasteiger partial charge in [-0.05, 0) is 59.9 Å². The van der Waals surface area contributed by atoms with Crippen LogP contribution in [0.1, 0.15) is 12.0 Å². The largest absolute Gasteiger partial charge is 0.274 e. The minimum atomic E-state index is -0.597. The van der Waals surface area contributed by atoms with Crippen LogP contribution in [0.3, 0.4) is 0 Å². The first-order chi connectivity index (χ1) is 20.3. The second-order valence-electron chi connectivity index (χ2n) is 11.7. The maximum Gasteiger partial charge on any atom is 0.238 e.